The summed E-state index contributed by atoms with van der Waals surface area (Å²) in [5.41, 5.74) is 8.11. The summed E-state index contributed by atoms with van der Waals surface area (Å²) in [4.78, 5) is 28.8. The molecule has 0 saturated carbocycles. The Hall–Kier alpha value is -3.75. The van der Waals surface area contributed by atoms with Crippen LogP contribution in [-0.4, -0.2) is 37.0 Å². The highest BCUT2D eigenvalue weighted by Crippen LogP contribution is 2.25. The molecule has 0 radical (unpaired) electrons. The monoisotopic (exact) mass is 349 g/mol. The highest BCUT2D eigenvalue weighted by molar-refractivity contribution is 5.94. The van der Waals surface area contributed by atoms with E-state index in [-0.39, 0.29) is 11.9 Å². The molecule has 9 heteroatoms. The Morgan fingerprint density at radius 3 is 2.85 bits per heavy atom. The topological polar surface area (TPSA) is 125 Å². The first-order valence-corrected chi connectivity index (χ1v) is 7.93. The number of rotatable bonds is 5. The highest BCUT2D eigenvalue weighted by atomic mass is 16.3. The van der Waals surface area contributed by atoms with Crippen molar-refractivity contribution in [2.24, 2.45) is 0 Å². The summed E-state index contributed by atoms with van der Waals surface area (Å²) in [5, 5.41) is 2.85. The van der Waals surface area contributed by atoms with E-state index < -0.39 is 0 Å². The van der Waals surface area contributed by atoms with Gasteiger partial charge in [-0.1, -0.05) is 0 Å². The third-order valence-electron chi connectivity index (χ3n) is 3.82. The summed E-state index contributed by atoms with van der Waals surface area (Å²) in [7, 11) is 0. The molecule has 0 saturated heterocycles. The van der Waals surface area contributed by atoms with Crippen LogP contribution >= 0.6 is 0 Å². The van der Waals surface area contributed by atoms with Crippen molar-refractivity contribution in [1.82, 2.24) is 29.8 Å². The van der Waals surface area contributed by atoms with Gasteiger partial charge in [-0.2, -0.15) is 4.98 Å². The molecule has 130 valence electrons. The third-order valence-corrected chi connectivity index (χ3v) is 3.82. The molecule has 0 aliphatic heterocycles. The van der Waals surface area contributed by atoms with Crippen LogP contribution in [0.3, 0.4) is 0 Å². The predicted octanol–water partition coefficient (Wildman–Crippen LogP) is 1.49. The van der Waals surface area contributed by atoms with Crippen molar-refractivity contribution in [1.29, 1.82) is 0 Å². The molecule has 4 aromatic rings. The Kier molecular flexibility index (Phi) is 4.02. The van der Waals surface area contributed by atoms with Gasteiger partial charge in [-0.25, -0.2) is 9.97 Å². The zero-order chi connectivity index (χ0) is 17.9. The summed E-state index contributed by atoms with van der Waals surface area (Å²) < 4.78 is 7.21. The first-order valence-electron chi connectivity index (χ1n) is 7.93. The number of nitrogens with zero attached hydrogens (tertiary/aromatic N) is 5. The Balaban J connectivity index is 1.54. The van der Waals surface area contributed by atoms with Gasteiger partial charge in [0.1, 0.15) is 11.2 Å². The standard InChI is InChI=1S/C17H15N7O2/c18-17-22-13(12-2-1-9-26-12)14-15(23-17)24(10-21-14)8-7-20-16(25)11-3-5-19-6-4-11/h1-6,9-10H,7-8H2,(H,20,25)(H2,18,22,23). The summed E-state index contributed by atoms with van der Waals surface area (Å²) in [6, 6.07) is 6.87. The van der Waals surface area contributed by atoms with E-state index in [2.05, 4.69) is 25.3 Å². The van der Waals surface area contributed by atoms with Crippen molar-refractivity contribution < 1.29 is 9.21 Å². The van der Waals surface area contributed by atoms with Crippen LogP contribution in [-0.2, 0) is 6.54 Å². The summed E-state index contributed by atoms with van der Waals surface area (Å²) in [6.45, 7) is 0.897. The Labute approximate surface area is 147 Å². The first kappa shape index (κ1) is 15.8. The maximum atomic E-state index is 12.1. The lowest BCUT2D eigenvalue weighted by atomic mass is 10.2. The normalized spacial score (nSPS) is 10.9. The Morgan fingerprint density at radius 2 is 2.08 bits per heavy atom. The van der Waals surface area contributed by atoms with Crippen molar-refractivity contribution in [2.45, 2.75) is 6.54 Å². The fourth-order valence-corrected chi connectivity index (χ4v) is 2.61. The quantitative estimate of drug-likeness (QED) is 0.559. The summed E-state index contributed by atoms with van der Waals surface area (Å²) in [6.07, 6.45) is 6.36. The SMILES string of the molecule is Nc1nc(-c2ccco2)c2ncn(CCNC(=O)c3ccncc3)c2n1. The number of carbonyl (C=O) groups excluding carboxylic acids is 1. The molecule has 0 bridgehead atoms. The number of nitrogens with two attached hydrogens (primary N) is 1. The second-order valence-corrected chi connectivity index (χ2v) is 5.51. The third kappa shape index (κ3) is 2.97. The number of anilines is 1. The van der Waals surface area contributed by atoms with Gasteiger partial charge >= 0.3 is 0 Å². The minimum atomic E-state index is -0.165. The molecule has 4 aromatic heterocycles. The average molecular weight is 349 g/mol. The molecule has 4 rings (SSSR count). The van der Waals surface area contributed by atoms with Gasteiger partial charge in [0.2, 0.25) is 5.95 Å². The fraction of sp³-hybridized carbons (Fsp3) is 0.118. The highest BCUT2D eigenvalue weighted by Gasteiger charge is 2.15. The van der Waals surface area contributed by atoms with Crippen molar-refractivity contribution in [3.8, 4) is 11.5 Å². The van der Waals surface area contributed by atoms with E-state index in [0.29, 0.717) is 41.3 Å². The molecule has 0 aromatic carbocycles. The number of imidazole rings is 1. The first-order chi connectivity index (χ1) is 12.7. The van der Waals surface area contributed by atoms with Crippen LogP contribution in [0.2, 0.25) is 0 Å². The molecule has 26 heavy (non-hydrogen) atoms. The second kappa shape index (κ2) is 6.63. The van der Waals surface area contributed by atoms with Crippen molar-refractivity contribution in [3.63, 3.8) is 0 Å². The molecule has 0 fully saturated rings. The lowest BCUT2D eigenvalue weighted by molar-refractivity contribution is 0.0952. The number of furan rings is 1. The van der Waals surface area contributed by atoms with Crippen molar-refractivity contribution in [2.75, 3.05) is 12.3 Å². The molecular formula is C17H15N7O2. The van der Waals surface area contributed by atoms with Gasteiger partial charge in [0.05, 0.1) is 12.6 Å². The number of nitrogen functional groups attached to an aromatic ring is 1. The van der Waals surface area contributed by atoms with Gasteiger partial charge in [0.15, 0.2) is 11.4 Å². The number of carbonyl (C=O) groups is 1. The van der Waals surface area contributed by atoms with Crippen LogP contribution in [0.4, 0.5) is 5.95 Å². The lowest BCUT2D eigenvalue weighted by Gasteiger charge is -2.07. The predicted molar refractivity (Wildman–Crippen MR) is 94.0 cm³/mol. The van der Waals surface area contributed by atoms with Crippen LogP contribution < -0.4 is 11.1 Å². The maximum Gasteiger partial charge on any atom is 0.251 e. The number of aromatic nitrogens is 5. The number of amides is 1. The van der Waals surface area contributed by atoms with Gasteiger partial charge in [0.25, 0.3) is 5.91 Å². The van der Waals surface area contributed by atoms with Gasteiger partial charge in [-0.3, -0.25) is 9.78 Å². The Morgan fingerprint density at radius 1 is 1.23 bits per heavy atom. The average Bonchev–Trinajstić information content (AvgIpc) is 3.32. The molecule has 1 amide bonds. The summed E-state index contributed by atoms with van der Waals surface area (Å²) in [5.74, 6) is 0.536. The van der Waals surface area contributed by atoms with Crippen LogP contribution in [0.15, 0.2) is 53.7 Å². The molecule has 4 heterocycles. The number of fused-ring (bicyclic) bond motifs is 1. The minimum absolute atomic E-state index is 0.131. The second-order valence-electron chi connectivity index (χ2n) is 5.51. The molecule has 3 N–H and O–H groups in total. The van der Waals surface area contributed by atoms with Crippen LogP contribution in [0.25, 0.3) is 22.6 Å². The maximum absolute atomic E-state index is 12.1. The molecule has 9 nitrogen and oxygen atoms in total. The van der Waals surface area contributed by atoms with Crippen LogP contribution in [0, 0.1) is 0 Å². The van der Waals surface area contributed by atoms with E-state index in [4.69, 9.17) is 10.2 Å². The number of nitrogens with one attached hydrogen (secondary N) is 1. The van der Waals surface area contributed by atoms with E-state index in [1.165, 1.54) is 0 Å². The van der Waals surface area contributed by atoms with E-state index >= 15 is 0 Å². The van der Waals surface area contributed by atoms with Gasteiger partial charge < -0.3 is 20.0 Å². The molecular weight excluding hydrogens is 334 g/mol. The number of hydrogen-bond acceptors (Lipinski definition) is 7. The van der Waals surface area contributed by atoms with Crippen LogP contribution in [0.5, 0.6) is 0 Å². The molecule has 0 unspecified atom stereocenters. The zero-order valence-electron chi connectivity index (χ0n) is 13.7. The van der Waals surface area contributed by atoms with E-state index in [1.54, 1.807) is 49.2 Å². The van der Waals surface area contributed by atoms with Crippen molar-refractivity contribution >= 4 is 23.0 Å². The van der Waals surface area contributed by atoms with E-state index in [1.807, 2.05) is 4.57 Å². The Bertz CT molecular complexity index is 1040. The smallest absolute Gasteiger partial charge is 0.251 e. The van der Waals surface area contributed by atoms with E-state index in [9.17, 15) is 4.79 Å². The zero-order valence-corrected chi connectivity index (χ0v) is 13.7. The van der Waals surface area contributed by atoms with Gasteiger partial charge in [-0.05, 0) is 24.3 Å². The van der Waals surface area contributed by atoms with Gasteiger partial charge in [-0.15, -0.1) is 0 Å². The molecule has 0 aliphatic carbocycles. The number of pyridine rings is 1. The minimum Gasteiger partial charge on any atom is -0.463 e. The van der Waals surface area contributed by atoms with Gasteiger partial charge in [0, 0.05) is 31.0 Å². The van der Waals surface area contributed by atoms with Crippen molar-refractivity contribution in [3.05, 3.63) is 54.8 Å². The number of hydrogen-bond donors (Lipinski definition) is 2. The fourth-order valence-electron chi connectivity index (χ4n) is 2.61. The molecule has 0 atom stereocenters. The summed E-state index contributed by atoms with van der Waals surface area (Å²) >= 11 is 0. The lowest BCUT2D eigenvalue weighted by Crippen LogP contribution is -2.27. The largest absolute Gasteiger partial charge is 0.463 e. The molecule has 0 spiro atoms. The van der Waals surface area contributed by atoms with Crippen LogP contribution in [0.1, 0.15) is 10.4 Å². The van der Waals surface area contributed by atoms with E-state index in [0.717, 1.165) is 0 Å². The molecule has 0 aliphatic rings.